The average molecular weight is 275 g/mol. The van der Waals surface area contributed by atoms with Crippen LogP contribution in [0.3, 0.4) is 0 Å². The number of benzene rings is 1. The van der Waals surface area contributed by atoms with Gasteiger partial charge in [0.05, 0.1) is 19.3 Å². The zero-order chi connectivity index (χ0) is 15.0. The van der Waals surface area contributed by atoms with Crippen molar-refractivity contribution in [3.05, 3.63) is 23.8 Å². The van der Waals surface area contributed by atoms with E-state index in [1.54, 1.807) is 7.11 Å². The summed E-state index contributed by atoms with van der Waals surface area (Å²) in [6.07, 6.45) is 7.69. The first-order valence-corrected chi connectivity index (χ1v) is 7.13. The number of hydrogen-bond donors (Lipinski definition) is 1. The van der Waals surface area contributed by atoms with Crippen LogP contribution in [0.25, 0.3) is 0 Å². The van der Waals surface area contributed by atoms with Gasteiger partial charge in [0.15, 0.2) is 11.5 Å². The van der Waals surface area contributed by atoms with E-state index in [-0.39, 0.29) is 12.1 Å². The fraction of sp³-hybridized carbons (Fsp3) is 0.529. The van der Waals surface area contributed by atoms with Gasteiger partial charge in [0, 0.05) is 6.54 Å². The van der Waals surface area contributed by atoms with Crippen LogP contribution in [-0.2, 0) is 6.54 Å². The summed E-state index contributed by atoms with van der Waals surface area (Å²) in [5.74, 6) is 4.30. The van der Waals surface area contributed by atoms with Gasteiger partial charge in [0.25, 0.3) is 0 Å². The summed E-state index contributed by atoms with van der Waals surface area (Å²) in [4.78, 5) is 0. The van der Waals surface area contributed by atoms with Crippen LogP contribution in [0.2, 0.25) is 0 Å². The van der Waals surface area contributed by atoms with Gasteiger partial charge in [-0.1, -0.05) is 25.3 Å². The van der Waals surface area contributed by atoms with E-state index in [2.05, 4.69) is 18.2 Å². The molecule has 1 N–H and O–H groups in total. The van der Waals surface area contributed by atoms with Gasteiger partial charge in [-0.3, -0.25) is 5.32 Å². The predicted molar refractivity (Wildman–Crippen MR) is 83.1 cm³/mol. The second-order valence-electron chi connectivity index (χ2n) is 5.04. The van der Waals surface area contributed by atoms with Gasteiger partial charge in [-0.15, -0.1) is 6.42 Å². The lowest BCUT2D eigenvalue weighted by Crippen LogP contribution is -2.26. The molecule has 0 aliphatic heterocycles. The van der Waals surface area contributed by atoms with Crippen LogP contribution in [0.15, 0.2) is 18.2 Å². The lowest BCUT2D eigenvalue weighted by Gasteiger charge is -2.16. The minimum atomic E-state index is 0.123. The van der Waals surface area contributed by atoms with Crippen molar-refractivity contribution in [3.8, 4) is 23.8 Å². The largest absolute Gasteiger partial charge is 0.493 e. The van der Waals surface area contributed by atoms with E-state index < -0.39 is 0 Å². The maximum absolute atomic E-state index is 5.70. The first kappa shape index (κ1) is 16.4. The topological polar surface area (TPSA) is 30.5 Å². The van der Waals surface area contributed by atoms with Gasteiger partial charge < -0.3 is 9.47 Å². The molecule has 0 aliphatic rings. The van der Waals surface area contributed by atoms with Crippen LogP contribution in [0.4, 0.5) is 0 Å². The Morgan fingerprint density at radius 2 is 2.05 bits per heavy atom. The molecule has 20 heavy (non-hydrogen) atoms. The summed E-state index contributed by atoms with van der Waals surface area (Å²) in [6.45, 7) is 6.86. The molecule has 1 unspecified atom stereocenters. The van der Waals surface area contributed by atoms with E-state index in [9.17, 15) is 0 Å². The fourth-order valence-corrected chi connectivity index (χ4v) is 1.95. The third-order valence-electron chi connectivity index (χ3n) is 2.92. The van der Waals surface area contributed by atoms with Gasteiger partial charge in [-0.05, 0) is 38.0 Å². The number of ether oxygens (including phenoxy) is 2. The molecule has 3 heteroatoms. The van der Waals surface area contributed by atoms with Gasteiger partial charge >= 0.3 is 0 Å². The molecule has 0 saturated carbocycles. The molecule has 1 atom stereocenters. The van der Waals surface area contributed by atoms with Crippen LogP contribution in [-0.4, -0.2) is 19.3 Å². The molecule has 0 fully saturated rings. The highest BCUT2D eigenvalue weighted by Crippen LogP contribution is 2.28. The highest BCUT2D eigenvalue weighted by Gasteiger charge is 2.08. The van der Waals surface area contributed by atoms with E-state index in [1.807, 2.05) is 32.0 Å². The molecule has 1 rings (SSSR count). The first-order valence-electron chi connectivity index (χ1n) is 7.13. The number of rotatable bonds is 8. The Morgan fingerprint density at radius 3 is 2.60 bits per heavy atom. The van der Waals surface area contributed by atoms with E-state index in [0.29, 0.717) is 0 Å². The van der Waals surface area contributed by atoms with Crippen molar-refractivity contribution in [3.63, 3.8) is 0 Å². The molecule has 0 aromatic heterocycles. The van der Waals surface area contributed by atoms with Gasteiger partial charge in [-0.25, -0.2) is 0 Å². The van der Waals surface area contributed by atoms with Crippen molar-refractivity contribution in [1.82, 2.24) is 5.32 Å². The Balaban J connectivity index is 2.70. The minimum Gasteiger partial charge on any atom is -0.493 e. The van der Waals surface area contributed by atoms with E-state index in [0.717, 1.165) is 36.4 Å². The van der Waals surface area contributed by atoms with Gasteiger partial charge in [0.1, 0.15) is 0 Å². The van der Waals surface area contributed by atoms with Crippen LogP contribution < -0.4 is 14.8 Å². The van der Waals surface area contributed by atoms with Crippen LogP contribution in [0, 0.1) is 12.3 Å². The van der Waals surface area contributed by atoms with Crippen LogP contribution >= 0.6 is 0 Å². The second kappa shape index (κ2) is 8.50. The molecule has 0 spiro atoms. The standard InChI is InChI=1S/C17H25NO2/c1-6-8-15(7-2)18-12-14-9-10-16(20-13(3)4)17(11-14)19-5/h2,9-11,13,15,18H,6,8,12H2,1,3-5H3. The zero-order valence-electron chi connectivity index (χ0n) is 12.9. The van der Waals surface area contributed by atoms with Crippen molar-refractivity contribution in [2.45, 2.75) is 52.3 Å². The summed E-state index contributed by atoms with van der Waals surface area (Å²) in [5.41, 5.74) is 1.13. The summed E-state index contributed by atoms with van der Waals surface area (Å²) in [7, 11) is 1.65. The third-order valence-corrected chi connectivity index (χ3v) is 2.92. The van der Waals surface area contributed by atoms with Crippen LogP contribution in [0.5, 0.6) is 11.5 Å². The molecule has 0 bridgehead atoms. The highest BCUT2D eigenvalue weighted by molar-refractivity contribution is 5.43. The van der Waals surface area contributed by atoms with Crippen molar-refractivity contribution >= 4 is 0 Å². The number of nitrogens with one attached hydrogen (secondary N) is 1. The van der Waals surface area contributed by atoms with Crippen molar-refractivity contribution < 1.29 is 9.47 Å². The van der Waals surface area contributed by atoms with E-state index in [4.69, 9.17) is 15.9 Å². The second-order valence-corrected chi connectivity index (χ2v) is 5.04. The average Bonchev–Trinajstić information content (AvgIpc) is 2.44. The molecule has 1 aromatic carbocycles. The van der Waals surface area contributed by atoms with Crippen molar-refractivity contribution in [2.75, 3.05) is 7.11 Å². The monoisotopic (exact) mass is 275 g/mol. The first-order chi connectivity index (χ1) is 9.60. The molecule has 0 heterocycles. The third kappa shape index (κ3) is 5.14. The van der Waals surface area contributed by atoms with E-state index in [1.165, 1.54) is 0 Å². The smallest absolute Gasteiger partial charge is 0.161 e. The Labute approximate surface area is 122 Å². The fourth-order valence-electron chi connectivity index (χ4n) is 1.95. The number of hydrogen-bond acceptors (Lipinski definition) is 3. The summed E-state index contributed by atoms with van der Waals surface area (Å²) < 4.78 is 11.1. The Hall–Kier alpha value is -1.66. The summed E-state index contributed by atoms with van der Waals surface area (Å²) in [6, 6.07) is 6.09. The maximum Gasteiger partial charge on any atom is 0.161 e. The molecule has 3 nitrogen and oxygen atoms in total. The zero-order valence-corrected chi connectivity index (χ0v) is 12.9. The molecule has 0 amide bonds. The molecule has 0 aliphatic carbocycles. The molecule has 1 aromatic rings. The summed E-state index contributed by atoms with van der Waals surface area (Å²) in [5, 5.41) is 3.37. The molecular formula is C17H25NO2. The quantitative estimate of drug-likeness (QED) is 0.738. The highest BCUT2D eigenvalue weighted by atomic mass is 16.5. The number of methoxy groups -OCH3 is 1. The normalized spacial score (nSPS) is 12.0. The van der Waals surface area contributed by atoms with Gasteiger partial charge in [0.2, 0.25) is 0 Å². The van der Waals surface area contributed by atoms with E-state index >= 15 is 0 Å². The summed E-state index contributed by atoms with van der Waals surface area (Å²) >= 11 is 0. The van der Waals surface area contributed by atoms with Crippen molar-refractivity contribution in [2.24, 2.45) is 0 Å². The molecule has 0 saturated heterocycles. The lowest BCUT2D eigenvalue weighted by atomic mass is 10.1. The predicted octanol–water partition coefficient (Wildman–Crippen LogP) is 3.37. The Morgan fingerprint density at radius 1 is 1.30 bits per heavy atom. The lowest BCUT2D eigenvalue weighted by molar-refractivity contribution is 0.230. The van der Waals surface area contributed by atoms with Gasteiger partial charge in [-0.2, -0.15) is 0 Å². The molecule has 110 valence electrons. The molecule has 0 radical (unpaired) electrons. The Kier molecular flexibility index (Phi) is 6.97. The number of terminal acetylenes is 1. The van der Waals surface area contributed by atoms with Crippen LogP contribution in [0.1, 0.15) is 39.2 Å². The van der Waals surface area contributed by atoms with Crippen molar-refractivity contribution in [1.29, 1.82) is 0 Å². The SMILES string of the molecule is C#CC(CCC)NCc1ccc(OC(C)C)c(OC)c1. The minimum absolute atomic E-state index is 0.123. The Bertz CT molecular complexity index is 449. The maximum atomic E-state index is 5.70. The molecular weight excluding hydrogens is 250 g/mol.